The predicted molar refractivity (Wildman–Crippen MR) is 241 cm³/mol. The van der Waals surface area contributed by atoms with Crippen molar-refractivity contribution in [3.8, 4) is 0 Å². The van der Waals surface area contributed by atoms with Crippen LogP contribution >= 0.6 is 0 Å². The van der Waals surface area contributed by atoms with Crippen LogP contribution in [0.1, 0.15) is 169 Å². The number of likely N-dealkylation sites (tertiary alicyclic amines) is 1. The SMILES string of the molecule is CC/C=C\CCCCOC(CCC(=O)OCC(COC(=O)CCCCCC(=O)OC/C=C/CCCCCC)COC(=O)OCC1CCCN(CC)C1)OCCCC/C=C\CC. The van der Waals surface area contributed by atoms with Gasteiger partial charge in [-0.15, -0.1) is 0 Å². The van der Waals surface area contributed by atoms with Crippen LogP contribution in [0.25, 0.3) is 0 Å². The van der Waals surface area contributed by atoms with Crippen molar-refractivity contribution in [3.63, 3.8) is 0 Å². The van der Waals surface area contributed by atoms with Crippen molar-refractivity contribution in [3.05, 3.63) is 36.5 Å². The molecule has 0 aromatic carbocycles. The van der Waals surface area contributed by atoms with Crippen LogP contribution in [0.2, 0.25) is 0 Å². The molecule has 0 spiro atoms. The molecule has 0 N–H and O–H groups in total. The molecule has 2 atom stereocenters. The summed E-state index contributed by atoms with van der Waals surface area (Å²) < 4.78 is 39.4. The van der Waals surface area contributed by atoms with Gasteiger partial charge in [0.25, 0.3) is 0 Å². The lowest BCUT2D eigenvalue weighted by Crippen LogP contribution is -2.37. The number of unbranched alkanes of at least 4 members (excludes halogenated alkanes) is 10. The Morgan fingerprint density at radius 3 is 1.75 bits per heavy atom. The quantitative estimate of drug-likeness (QED) is 0.0191. The third-order valence-electron chi connectivity index (χ3n) is 10.4. The second kappa shape index (κ2) is 40.8. The molecule has 0 aromatic rings. The first kappa shape index (κ1) is 55.8. The molecule has 1 rings (SSSR count). The molecule has 1 saturated heterocycles. The van der Waals surface area contributed by atoms with Crippen molar-refractivity contribution in [1.29, 1.82) is 0 Å². The van der Waals surface area contributed by atoms with E-state index < -0.39 is 30.3 Å². The van der Waals surface area contributed by atoms with E-state index in [1.54, 1.807) is 0 Å². The molecule has 0 amide bonds. The number of rotatable bonds is 39. The van der Waals surface area contributed by atoms with Crippen molar-refractivity contribution in [2.75, 3.05) is 65.9 Å². The monoisotopic (exact) mass is 864 g/mol. The van der Waals surface area contributed by atoms with Crippen LogP contribution in [-0.4, -0.2) is 101 Å². The van der Waals surface area contributed by atoms with Gasteiger partial charge in [0.15, 0.2) is 6.29 Å². The Kier molecular flexibility index (Phi) is 37.3. The number of hydrogen-bond donors (Lipinski definition) is 0. The second-order valence-electron chi connectivity index (χ2n) is 16.0. The van der Waals surface area contributed by atoms with Gasteiger partial charge in [0.2, 0.25) is 0 Å². The summed E-state index contributed by atoms with van der Waals surface area (Å²) >= 11 is 0. The van der Waals surface area contributed by atoms with Gasteiger partial charge in [0.1, 0.15) is 26.4 Å². The molecule has 352 valence electrons. The molecule has 0 aliphatic carbocycles. The maximum absolute atomic E-state index is 13.0. The fourth-order valence-electron chi connectivity index (χ4n) is 6.68. The first-order chi connectivity index (χ1) is 29.8. The minimum absolute atomic E-state index is 0.0814. The number of nitrogens with zero attached hydrogens (tertiary/aromatic N) is 1. The normalized spacial score (nSPS) is 15.2. The standard InChI is InChI=1S/C49H85NO11/c1-5-9-12-15-18-21-25-35-55-45(51)30-23-22-24-31-46(52)58-40-44(42-61-49(54)60-39-43-29-28-34-50(8-4)38-43)41-59-47(53)32-33-48(56-36-26-19-16-13-10-6-2)57-37-27-20-17-14-11-7-3/h10-11,13-14,21,25,43-44,48H,5-9,12,15-20,22-24,26-42H2,1-4H3/b13-10-,14-11-,25-21+. The van der Waals surface area contributed by atoms with Gasteiger partial charge < -0.3 is 38.1 Å². The van der Waals surface area contributed by atoms with Crippen molar-refractivity contribution >= 4 is 24.1 Å². The third kappa shape index (κ3) is 35.0. The maximum atomic E-state index is 13.0. The number of hydrogen-bond acceptors (Lipinski definition) is 12. The fraction of sp³-hybridized carbons (Fsp3) is 0.796. The Labute approximate surface area is 369 Å². The summed E-state index contributed by atoms with van der Waals surface area (Å²) in [6.07, 6.45) is 29.9. The minimum Gasteiger partial charge on any atom is -0.465 e. The summed E-state index contributed by atoms with van der Waals surface area (Å²) in [7, 11) is 0. The molecule has 12 heteroatoms. The predicted octanol–water partition coefficient (Wildman–Crippen LogP) is 11.0. The van der Waals surface area contributed by atoms with Gasteiger partial charge in [0.05, 0.1) is 18.9 Å². The smallest absolute Gasteiger partial charge is 0.465 e. The maximum Gasteiger partial charge on any atom is 0.508 e. The van der Waals surface area contributed by atoms with E-state index in [1.807, 2.05) is 6.08 Å². The zero-order valence-electron chi connectivity index (χ0n) is 38.8. The molecule has 0 bridgehead atoms. The van der Waals surface area contributed by atoms with E-state index in [9.17, 15) is 19.2 Å². The van der Waals surface area contributed by atoms with E-state index >= 15 is 0 Å². The van der Waals surface area contributed by atoms with Crippen molar-refractivity contribution in [1.82, 2.24) is 4.90 Å². The van der Waals surface area contributed by atoms with Crippen molar-refractivity contribution < 1.29 is 52.3 Å². The lowest BCUT2D eigenvalue weighted by Gasteiger charge is -2.31. The number of esters is 3. The Morgan fingerprint density at radius 2 is 1.15 bits per heavy atom. The molecule has 0 saturated carbocycles. The summed E-state index contributed by atoms with van der Waals surface area (Å²) in [6, 6.07) is 0. The summed E-state index contributed by atoms with van der Waals surface area (Å²) in [6.45, 7) is 12.7. The molecular weight excluding hydrogens is 779 g/mol. The summed E-state index contributed by atoms with van der Waals surface area (Å²) in [5, 5.41) is 0. The number of ether oxygens (including phenoxy) is 7. The van der Waals surface area contributed by atoms with E-state index in [0.717, 1.165) is 96.7 Å². The lowest BCUT2D eigenvalue weighted by molar-refractivity contribution is -0.161. The zero-order valence-corrected chi connectivity index (χ0v) is 38.8. The van der Waals surface area contributed by atoms with Gasteiger partial charge in [-0.1, -0.05) is 89.8 Å². The van der Waals surface area contributed by atoms with Gasteiger partial charge in [-0.2, -0.15) is 0 Å². The van der Waals surface area contributed by atoms with Crippen molar-refractivity contribution in [2.45, 2.75) is 175 Å². The average Bonchev–Trinajstić information content (AvgIpc) is 3.27. The second-order valence-corrected chi connectivity index (χ2v) is 16.0. The third-order valence-corrected chi connectivity index (χ3v) is 10.4. The van der Waals surface area contributed by atoms with Crippen LogP contribution in [0.3, 0.4) is 0 Å². The van der Waals surface area contributed by atoms with E-state index in [1.165, 1.54) is 19.3 Å². The fourth-order valence-corrected chi connectivity index (χ4v) is 6.68. The number of carbonyl (C=O) groups is 4. The first-order valence-electron chi connectivity index (χ1n) is 24.0. The molecule has 61 heavy (non-hydrogen) atoms. The number of carbonyl (C=O) groups excluding carboxylic acids is 4. The highest BCUT2D eigenvalue weighted by atomic mass is 16.7. The van der Waals surface area contributed by atoms with Crippen molar-refractivity contribution in [2.24, 2.45) is 11.8 Å². The highest BCUT2D eigenvalue weighted by molar-refractivity contribution is 5.70. The number of allylic oxidation sites excluding steroid dienone is 5. The summed E-state index contributed by atoms with van der Waals surface area (Å²) in [5.41, 5.74) is 0. The Hall–Kier alpha value is -3.22. The highest BCUT2D eigenvalue weighted by Crippen LogP contribution is 2.17. The molecule has 1 aliphatic rings. The van der Waals surface area contributed by atoms with Crippen LogP contribution in [0.4, 0.5) is 4.79 Å². The van der Waals surface area contributed by atoms with Crippen LogP contribution < -0.4 is 0 Å². The van der Waals surface area contributed by atoms with Gasteiger partial charge in [-0.3, -0.25) is 14.4 Å². The Bertz CT molecular complexity index is 1170. The first-order valence-corrected chi connectivity index (χ1v) is 24.0. The zero-order chi connectivity index (χ0) is 44.4. The van der Waals surface area contributed by atoms with Gasteiger partial charge >= 0.3 is 24.1 Å². The summed E-state index contributed by atoms with van der Waals surface area (Å²) in [5.74, 6) is -1.44. The van der Waals surface area contributed by atoms with Gasteiger partial charge in [-0.25, -0.2) is 4.79 Å². The van der Waals surface area contributed by atoms with E-state index in [4.69, 9.17) is 33.2 Å². The summed E-state index contributed by atoms with van der Waals surface area (Å²) in [4.78, 5) is 52.6. The van der Waals surface area contributed by atoms with E-state index in [2.05, 4.69) is 63.0 Å². The molecule has 1 aliphatic heterocycles. The minimum atomic E-state index is -0.798. The van der Waals surface area contributed by atoms with Crippen LogP contribution in [0.15, 0.2) is 36.5 Å². The molecule has 12 nitrogen and oxygen atoms in total. The average molecular weight is 864 g/mol. The lowest BCUT2D eigenvalue weighted by atomic mass is 9.99. The Morgan fingerprint density at radius 1 is 0.590 bits per heavy atom. The van der Waals surface area contributed by atoms with Crippen LogP contribution in [0.5, 0.6) is 0 Å². The largest absolute Gasteiger partial charge is 0.508 e. The molecular formula is C49H85NO11. The molecule has 2 unspecified atom stereocenters. The van der Waals surface area contributed by atoms with E-state index in [-0.39, 0.29) is 57.8 Å². The molecule has 0 radical (unpaired) electrons. The van der Waals surface area contributed by atoms with Crippen LogP contribution in [-0.2, 0) is 47.5 Å². The van der Waals surface area contributed by atoms with Crippen LogP contribution in [0, 0.1) is 11.8 Å². The highest BCUT2D eigenvalue weighted by Gasteiger charge is 2.23. The Balaban J connectivity index is 2.60. The van der Waals surface area contributed by atoms with Gasteiger partial charge in [-0.05, 0) is 103 Å². The molecule has 1 fully saturated rings. The number of piperidine rings is 1. The molecule has 0 aromatic heterocycles. The van der Waals surface area contributed by atoms with Gasteiger partial charge in [0, 0.05) is 44.9 Å². The molecule has 1 heterocycles. The van der Waals surface area contributed by atoms with E-state index in [0.29, 0.717) is 45.3 Å². The topological polar surface area (TPSA) is 136 Å².